The highest BCUT2D eigenvalue weighted by Gasteiger charge is 2.17. The molecule has 1 aromatic carbocycles. The summed E-state index contributed by atoms with van der Waals surface area (Å²) in [5, 5.41) is 4.86. The van der Waals surface area contributed by atoms with Gasteiger partial charge in [-0.2, -0.15) is 0 Å². The first-order valence-electron chi connectivity index (χ1n) is 7.27. The van der Waals surface area contributed by atoms with E-state index in [9.17, 15) is 0 Å². The topological polar surface area (TPSA) is 24.9 Å². The van der Waals surface area contributed by atoms with Crippen LogP contribution in [0.3, 0.4) is 0 Å². The predicted octanol–water partition coefficient (Wildman–Crippen LogP) is 4.87. The molecule has 20 heavy (non-hydrogen) atoms. The fourth-order valence-electron chi connectivity index (χ4n) is 2.58. The molecule has 2 nitrogen and oxygen atoms in total. The Morgan fingerprint density at radius 3 is 2.30 bits per heavy atom. The standard InChI is InChI=1S/C17H24N2S/c1-6-16(15-9-7-11(2)8-10-15)18-12(3)17-13(4)20-14(5)19-17/h7-10,12,16,18H,6H2,1-5H3. The minimum Gasteiger partial charge on any atom is -0.302 e. The lowest BCUT2D eigenvalue weighted by Gasteiger charge is -2.22. The van der Waals surface area contributed by atoms with E-state index < -0.39 is 0 Å². The minimum atomic E-state index is 0.284. The third-order valence-electron chi connectivity index (χ3n) is 3.69. The number of nitrogens with one attached hydrogen (secondary N) is 1. The summed E-state index contributed by atoms with van der Waals surface area (Å²) in [6, 6.07) is 9.48. The van der Waals surface area contributed by atoms with Crippen molar-refractivity contribution < 1.29 is 0 Å². The van der Waals surface area contributed by atoms with Gasteiger partial charge in [0.15, 0.2) is 0 Å². The van der Waals surface area contributed by atoms with Gasteiger partial charge in [0.05, 0.1) is 10.7 Å². The lowest BCUT2D eigenvalue weighted by atomic mass is 10.0. The molecule has 2 rings (SSSR count). The van der Waals surface area contributed by atoms with E-state index in [2.05, 4.69) is 69.2 Å². The molecule has 0 spiro atoms. The number of aromatic nitrogens is 1. The molecule has 1 aromatic heterocycles. The average molecular weight is 288 g/mol. The van der Waals surface area contributed by atoms with Crippen molar-refractivity contribution in [2.75, 3.05) is 0 Å². The first-order valence-corrected chi connectivity index (χ1v) is 8.09. The van der Waals surface area contributed by atoms with Crippen molar-refractivity contribution in [3.8, 4) is 0 Å². The Morgan fingerprint density at radius 1 is 1.15 bits per heavy atom. The van der Waals surface area contributed by atoms with Crippen molar-refractivity contribution in [3.63, 3.8) is 0 Å². The lowest BCUT2D eigenvalue weighted by Crippen LogP contribution is -2.25. The van der Waals surface area contributed by atoms with Gasteiger partial charge in [-0.3, -0.25) is 0 Å². The van der Waals surface area contributed by atoms with E-state index in [4.69, 9.17) is 0 Å². The second-order valence-corrected chi connectivity index (χ2v) is 6.84. The first kappa shape index (κ1) is 15.2. The summed E-state index contributed by atoms with van der Waals surface area (Å²) >= 11 is 1.78. The van der Waals surface area contributed by atoms with Crippen LogP contribution in [0.2, 0.25) is 0 Å². The Hall–Kier alpha value is -1.19. The highest BCUT2D eigenvalue weighted by Crippen LogP contribution is 2.26. The van der Waals surface area contributed by atoms with Crippen LogP contribution in [-0.4, -0.2) is 4.98 Å². The zero-order valence-electron chi connectivity index (χ0n) is 13.0. The number of hydrogen-bond donors (Lipinski definition) is 1. The third-order valence-corrected chi connectivity index (χ3v) is 4.59. The molecule has 3 heteroatoms. The maximum atomic E-state index is 4.66. The SMILES string of the molecule is CCC(NC(C)c1nc(C)sc1C)c1ccc(C)cc1. The van der Waals surface area contributed by atoms with Crippen LogP contribution in [0.15, 0.2) is 24.3 Å². The van der Waals surface area contributed by atoms with Crippen LogP contribution in [0.1, 0.15) is 59.1 Å². The van der Waals surface area contributed by atoms with Crippen molar-refractivity contribution in [3.05, 3.63) is 51.0 Å². The quantitative estimate of drug-likeness (QED) is 0.849. The molecule has 108 valence electrons. The molecule has 2 aromatic rings. The van der Waals surface area contributed by atoms with E-state index in [1.165, 1.54) is 21.7 Å². The Labute approximate surface area is 126 Å². The summed E-state index contributed by atoms with van der Waals surface area (Å²) in [5.41, 5.74) is 3.86. The van der Waals surface area contributed by atoms with Gasteiger partial charge in [0.1, 0.15) is 0 Å². The number of nitrogens with zero attached hydrogens (tertiary/aromatic N) is 1. The van der Waals surface area contributed by atoms with Crippen LogP contribution in [0.4, 0.5) is 0 Å². The first-order chi connectivity index (χ1) is 9.51. The van der Waals surface area contributed by atoms with Crippen molar-refractivity contribution in [2.24, 2.45) is 0 Å². The third kappa shape index (κ3) is 3.47. The van der Waals surface area contributed by atoms with Crippen molar-refractivity contribution >= 4 is 11.3 Å². The highest BCUT2D eigenvalue weighted by atomic mass is 32.1. The van der Waals surface area contributed by atoms with Gasteiger partial charge >= 0.3 is 0 Å². The predicted molar refractivity (Wildman–Crippen MR) is 87.3 cm³/mol. The zero-order valence-corrected chi connectivity index (χ0v) is 13.8. The van der Waals surface area contributed by atoms with E-state index in [0.29, 0.717) is 6.04 Å². The van der Waals surface area contributed by atoms with E-state index in [-0.39, 0.29) is 6.04 Å². The van der Waals surface area contributed by atoms with Gasteiger partial charge in [-0.15, -0.1) is 11.3 Å². The molecule has 0 radical (unpaired) electrons. The summed E-state index contributed by atoms with van der Waals surface area (Å²) < 4.78 is 0. The number of hydrogen-bond acceptors (Lipinski definition) is 3. The molecule has 0 aliphatic heterocycles. The van der Waals surface area contributed by atoms with Crippen molar-refractivity contribution in [1.29, 1.82) is 0 Å². The summed E-state index contributed by atoms with van der Waals surface area (Å²) in [5.74, 6) is 0. The molecular formula is C17H24N2S. The Bertz CT molecular complexity index is 557. The molecule has 0 amide bonds. The van der Waals surface area contributed by atoms with E-state index in [1.54, 1.807) is 11.3 Å². The fraction of sp³-hybridized carbons (Fsp3) is 0.471. The van der Waals surface area contributed by atoms with Gasteiger partial charge in [-0.1, -0.05) is 36.8 Å². The molecule has 0 fully saturated rings. The summed E-state index contributed by atoms with van der Waals surface area (Å²) in [7, 11) is 0. The smallest absolute Gasteiger partial charge is 0.0900 e. The molecule has 0 aliphatic carbocycles. The van der Waals surface area contributed by atoms with Crippen molar-refractivity contribution in [2.45, 2.75) is 53.1 Å². The van der Waals surface area contributed by atoms with Gasteiger partial charge < -0.3 is 5.32 Å². The zero-order chi connectivity index (χ0) is 14.7. The van der Waals surface area contributed by atoms with Gasteiger partial charge in [-0.25, -0.2) is 4.98 Å². The van der Waals surface area contributed by atoms with Crippen LogP contribution in [0, 0.1) is 20.8 Å². The van der Waals surface area contributed by atoms with Crippen LogP contribution >= 0.6 is 11.3 Å². The molecule has 2 unspecified atom stereocenters. The lowest BCUT2D eigenvalue weighted by molar-refractivity contribution is 0.450. The van der Waals surface area contributed by atoms with E-state index >= 15 is 0 Å². The Kier molecular flexibility index (Phi) is 4.95. The molecule has 0 aliphatic rings. The molecular weight excluding hydrogens is 264 g/mol. The normalized spacial score (nSPS) is 14.2. The van der Waals surface area contributed by atoms with Crippen LogP contribution in [0.5, 0.6) is 0 Å². The van der Waals surface area contributed by atoms with E-state index in [1.807, 2.05) is 0 Å². The molecule has 1 heterocycles. The maximum Gasteiger partial charge on any atom is 0.0900 e. The number of benzene rings is 1. The second kappa shape index (κ2) is 6.51. The van der Waals surface area contributed by atoms with Gasteiger partial charge in [0, 0.05) is 17.0 Å². The van der Waals surface area contributed by atoms with Crippen LogP contribution in [-0.2, 0) is 0 Å². The van der Waals surface area contributed by atoms with Crippen LogP contribution in [0.25, 0.3) is 0 Å². The molecule has 2 atom stereocenters. The average Bonchev–Trinajstić information content (AvgIpc) is 2.76. The van der Waals surface area contributed by atoms with Gasteiger partial charge in [0.2, 0.25) is 0 Å². The number of rotatable bonds is 5. The molecule has 0 saturated heterocycles. The summed E-state index contributed by atoms with van der Waals surface area (Å²) in [4.78, 5) is 5.98. The second-order valence-electron chi connectivity index (χ2n) is 5.43. The van der Waals surface area contributed by atoms with Crippen LogP contribution < -0.4 is 5.32 Å². The maximum absolute atomic E-state index is 4.66. The number of aryl methyl sites for hydroxylation is 3. The minimum absolute atomic E-state index is 0.284. The monoisotopic (exact) mass is 288 g/mol. The Morgan fingerprint density at radius 2 is 1.80 bits per heavy atom. The van der Waals surface area contributed by atoms with Gasteiger partial charge in [0.25, 0.3) is 0 Å². The highest BCUT2D eigenvalue weighted by molar-refractivity contribution is 7.11. The van der Waals surface area contributed by atoms with E-state index in [0.717, 1.165) is 11.4 Å². The fourth-order valence-corrected chi connectivity index (χ4v) is 3.49. The summed E-state index contributed by atoms with van der Waals surface area (Å²) in [6.45, 7) is 10.8. The molecule has 1 N–H and O–H groups in total. The molecule has 0 bridgehead atoms. The largest absolute Gasteiger partial charge is 0.302 e. The summed E-state index contributed by atoms with van der Waals surface area (Å²) in [6.07, 6.45) is 1.08. The Balaban J connectivity index is 2.13. The van der Waals surface area contributed by atoms with Gasteiger partial charge in [-0.05, 0) is 39.7 Å². The van der Waals surface area contributed by atoms with Crippen molar-refractivity contribution in [1.82, 2.24) is 10.3 Å². The number of thiazole rings is 1. The molecule has 0 saturated carbocycles.